The number of aromatic amines is 1. The van der Waals surface area contributed by atoms with Crippen LogP contribution in [0.4, 0.5) is 18.9 Å². The Morgan fingerprint density at radius 2 is 1.95 bits per heavy atom. The van der Waals surface area contributed by atoms with Crippen LogP contribution in [0, 0.1) is 11.7 Å². The second kappa shape index (κ2) is 9.37. The number of hydrogen-bond acceptors (Lipinski definition) is 5. The van der Waals surface area contributed by atoms with Gasteiger partial charge in [-0.2, -0.15) is 0 Å². The highest BCUT2D eigenvalue weighted by Gasteiger charge is 2.54. The van der Waals surface area contributed by atoms with Crippen molar-refractivity contribution < 1.29 is 17.9 Å². The van der Waals surface area contributed by atoms with Crippen molar-refractivity contribution in [3.05, 3.63) is 111 Å². The summed E-state index contributed by atoms with van der Waals surface area (Å²) >= 11 is 6.32. The number of nitrogens with zero attached hydrogens (tertiary/aromatic N) is 4. The molecule has 5 heterocycles. The topological polar surface area (TPSA) is 89.8 Å². The molecule has 0 bridgehead atoms. The minimum Gasteiger partial charge on any atom is -0.485 e. The van der Waals surface area contributed by atoms with Crippen molar-refractivity contribution in [1.29, 1.82) is 0 Å². The van der Waals surface area contributed by atoms with E-state index in [2.05, 4.69) is 27.2 Å². The summed E-state index contributed by atoms with van der Waals surface area (Å²) in [7, 11) is 0. The van der Waals surface area contributed by atoms with Crippen LogP contribution in [0.25, 0.3) is 28.1 Å². The predicted octanol–water partition coefficient (Wildman–Crippen LogP) is 6.85. The first-order valence-corrected chi connectivity index (χ1v) is 14.0. The lowest BCUT2D eigenvalue weighted by molar-refractivity contribution is 0.146. The Balaban J connectivity index is 1.17. The molecule has 0 spiro atoms. The number of halogens is 4. The monoisotopic (exact) mass is 602 g/mol. The van der Waals surface area contributed by atoms with Crippen LogP contribution in [0.1, 0.15) is 41.9 Å². The van der Waals surface area contributed by atoms with E-state index in [9.17, 15) is 13.6 Å². The van der Waals surface area contributed by atoms with Gasteiger partial charge in [0.1, 0.15) is 23.9 Å². The third kappa shape index (κ3) is 4.17. The van der Waals surface area contributed by atoms with Crippen molar-refractivity contribution in [2.24, 2.45) is 5.92 Å². The first kappa shape index (κ1) is 25.9. The number of nitrogens with one attached hydrogen (secondary N) is 2. The molecule has 3 atom stereocenters. The first-order valence-electron chi connectivity index (χ1n) is 13.6. The van der Waals surface area contributed by atoms with Crippen LogP contribution in [-0.2, 0) is 0 Å². The van der Waals surface area contributed by atoms with Crippen LogP contribution in [0.5, 0.6) is 5.75 Å². The predicted molar refractivity (Wildman–Crippen MR) is 154 cm³/mol. The number of hydrogen-bond donors (Lipinski definition) is 2. The summed E-state index contributed by atoms with van der Waals surface area (Å²) in [6.45, 7) is 4.20. The molecule has 1 aliphatic carbocycles. The van der Waals surface area contributed by atoms with Crippen molar-refractivity contribution >= 4 is 17.3 Å². The summed E-state index contributed by atoms with van der Waals surface area (Å²) in [5.41, 5.74) is 4.78. The Kier molecular flexibility index (Phi) is 5.64. The highest BCUT2D eigenvalue weighted by molar-refractivity contribution is 6.31. The van der Waals surface area contributed by atoms with Gasteiger partial charge in [0, 0.05) is 45.2 Å². The lowest BCUT2D eigenvalue weighted by Gasteiger charge is -2.21. The van der Waals surface area contributed by atoms with E-state index in [1.54, 1.807) is 34.9 Å². The van der Waals surface area contributed by atoms with Gasteiger partial charge < -0.3 is 19.6 Å². The molecule has 8 rings (SSSR count). The summed E-state index contributed by atoms with van der Waals surface area (Å²) in [6.07, 6.45) is -0.756. The Morgan fingerprint density at radius 1 is 1.09 bits per heavy atom. The molecule has 5 aromatic rings. The molecule has 2 N–H and O–H groups in total. The number of aromatic nitrogens is 5. The van der Waals surface area contributed by atoms with E-state index in [0.717, 1.165) is 29.7 Å². The van der Waals surface area contributed by atoms with Crippen LogP contribution in [-0.4, -0.2) is 31.2 Å². The fourth-order valence-corrected chi connectivity index (χ4v) is 6.52. The van der Waals surface area contributed by atoms with Gasteiger partial charge in [0.2, 0.25) is 0 Å². The number of alkyl halides is 2. The second-order valence-electron chi connectivity index (χ2n) is 11.1. The lowest BCUT2D eigenvalue weighted by atomic mass is 10.0. The minimum absolute atomic E-state index is 0.128. The van der Waals surface area contributed by atoms with Gasteiger partial charge in [-0.15, -0.1) is 5.10 Å². The quantitative estimate of drug-likeness (QED) is 0.230. The van der Waals surface area contributed by atoms with E-state index in [1.807, 2.05) is 12.1 Å². The smallest absolute Gasteiger partial charge is 0.283 e. The van der Waals surface area contributed by atoms with Gasteiger partial charge in [-0.05, 0) is 60.4 Å². The molecule has 12 heteroatoms. The third-order valence-corrected chi connectivity index (χ3v) is 8.58. The number of rotatable bonds is 5. The van der Waals surface area contributed by atoms with E-state index in [1.165, 1.54) is 16.8 Å². The molecule has 2 aromatic carbocycles. The van der Waals surface area contributed by atoms with Crippen molar-refractivity contribution in [3.8, 4) is 33.8 Å². The molecule has 1 saturated carbocycles. The van der Waals surface area contributed by atoms with Gasteiger partial charge in [0.15, 0.2) is 0 Å². The van der Waals surface area contributed by atoms with Crippen LogP contribution in [0.2, 0.25) is 5.02 Å². The molecule has 0 radical (unpaired) electrons. The molecule has 0 amide bonds. The molecule has 3 aliphatic rings. The molecule has 8 nitrogen and oxygen atoms in total. The number of ether oxygens (including phenoxy) is 1. The molecular formula is C31H22ClF3N6O2. The van der Waals surface area contributed by atoms with Crippen LogP contribution < -0.4 is 15.6 Å². The normalized spacial score (nSPS) is 19.9. The van der Waals surface area contributed by atoms with Gasteiger partial charge in [-0.3, -0.25) is 4.79 Å². The highest BCUT2D eigenvalue weighted by atomic mass is 35.5. The molecular weight excluding hydrogens is 581 g/mol. The molecule has 3 aromatic heterocycles. The van der Waals surface area contributed by atoms with Crippen molar-refractivity contribution in [3.63, 3.8) is 0 Å². The fraction of sp³-hybridized carbons (Fsp3) is 0.194. The Bertz CT molecular complexity index is 2030. The van der Waals surface area contributed by atoms with Crippen molar-refractivity contribution in [2.75, 3.05) is 11.9 Å². The molecule has 0 saturated heterocycles. The third-order valence-electron chi connectivity index (χ3n) is 8.35. The van der Waals surface area contributed by atoms with E-state index < -0.39 is 17.9 Å². The highest BCUT2D eigenvalue weighted by Crippen LogP contribution is 2.61. The van der Waals surface area contributed by atoms with Crippen molar-refractivity contribution in [1.82, 2.24) is 24.5 Å². The number of H-pyrrole nitrogens is 1. The summed E-state index contributed by atoms with van der Waals surface area (Å²) in [5.74, 6) is 0.453. The van der Waals surface area contributed by atoms with Crippen LogP contribution in [0.3, 0.4) is 0 Å². The Morgan fingerprint density at radius 3 is 2.77 bits per heavy atom. The van der Waals surface area contributed by atoms with E-state index in [-0.39, 0.29) is 23.4 Å². The lowest BCUT2D eigenvalue weighted by Crippen LogP contribution is -2.26. The largest absolute Gasteiger partial charge is 0.485 e. The van der Waals surface area contributed by atoms with E-state index in [0.29, 0.717) is 51.1 Å². The number of fused-ring (bicyclic) bond motifs is 4. The van der Waals surface area contributed by atoms with Gasteiger partial charge in [-0.1, -0.05) is 29.5 Å². The minimum atomic E-state index is -2.77. The van der Waals surface area contributed by atoms with Gasteiger partial charge in [0.25, 0.3) is 12.0 Å². The van der Waals surface area contributed by atoms with Crippen LogP contribution >= 0.6 is 11.6 Å². The maximum atomic E-state index is 15.4. The fourth-order valence-electron chi connectivity index (χ4n) is 6.35. The molecule has 43 heavy (non-hydrogen) atoms. The average molecular weight is 603 g/mol. The number of benzene rings is 2. The van der Waals surface area contributed by atoms with Crippen LogP contribution in [0.15, 0.2) is 77.9 Å². The van der Waals surface area contributed by atoms with Crippen molar-refractivity contribution in [2.45, 2.75) is 24.8 Å². The zero-order chi connectivity index (χ0) is 29.6. The van der Waals surface area contributed by atoms with E-state index >= 15 is 4.39 Å². The first-order chi connectivity index (χ1) is 20.7. The summed E-state index contributed by atoms with van der Waals surface area (Å²) in [6, 6.07) is 14.9. The average Bonchev–Trinajstić information content (AvgIpc) is 3.28. The Labute approximate surface area is 247 Å². The Hall–Kier alpha value is -4.77. The molecule has 216 valence electrons. The molecule has 2 aliphatic heterocycles. The summed E-state index contributed by atoms with van der Waals surface area (Å²) in [4.78, 5) is 16.9. The number of anilines is 1. The van der Waals surface area contributed by atoms with Gasteiger partial charge in [-0.25, -0.2) is 17.9 Å². The molecule has 1 fully saturated rings. The van der Waals surface area contributed by atoms with Gasteiger partial charge >= 0.3 is 0 Å². The number of pyridine rings is 1. The summed E-state index contributed by atoms with van der Waals surface area (Å²) in [5, 5.41) is 11.0. The summed E-state index contributed by atoms with van der Waals surface area (Å²) < 4.78 is 50.5. The maximum absolute atomic E-state index is 15.4. The standard InChI is InChI=1S/C31H22ClF3N6O2/c1-14-13-43-27-7-15(2-4-22(27)36-14)29-21(33)11-23(37-29)30-20-10-19(20)26-6-16(8-28(42)41(26)30)18-9-17(32)3-5-25(18)40-12-24(31(34)35)38-39-40/h2-9,11-12,19-20,30-31,36-37H,1,10,13H2. The maximum Gasteiger partial charge on any atom is 0.283 e. The van der Waals surface area contributed by atoms with Gasteiger partial charge in [0.05, 0.1) is 29.3 Å². The zero-order valence-corrected chi connectivity index (χ0v) is 23.1. The second-order valence-corrected chi connectivity index (χ2v) is 11.5. The molecule has 3 unspecified atom stereocenters. The zero-order valence-electron chi connectivity index (χ0n) is 22.3. The SMILES string of the molecule is C=C1COc2cc(-c3[nH]c(C4C5CC5c5cc(-c6cc(Cl)ccc6-n6cc(C(F)F)nn6)cc(=O)n54)cc3F)ccc2N1. The van der Waals surface area contributed by atoms with E-state index in [4.69, 9.17) is 16.3 Å².